The number of nitrogens with zero attached hydrogens (tertiary/aromatic N) is 2. The van der Waals surface area contributed by atoms with Gasteiger partial charge in [-0.3, -0.25) is 0 Å². The Hall–Kier alpha value is -2.99. The van der Waals surface area contributed by atoms with Crippen LogP contribution in [0.4, 0.5) is 0 Å². The Labute approximate surface area is 207 Å². The van der Waals surface area contributed by atoms with Gasteiger partial charge >= 0.3 is 208 Å². The summed E-state index contributed by atoms with van der Waals surface area (Å²) in [6.07, 6.45) is 3.96. The molecule has 2 nitrogen and oxygen atoms in total. The van der Waals surface area contributed by atoms with Crippen molar-refractivity contribution < 1.29 is 0 Å². The van der Waals surface area contributed by atoms with Gasteiger partial charge in [-0.15, -0.1) is 0 Å². The fourth-order valence-corrected chi connectivity index (χ4v) is 5.74. The van der Waals surface area contributed by atoms with Crippen molar-refractivity contribution in [3.05, 3.63) is 131 Å². The molecule has 3 heteroatoms. The summed E-state index contributed by atoms with van der Waals surface area (Å²) in [7, 11) is 0. The van der Waals surface area contributed by atoms with Crippen LogP contribution in [0.3, 0.4) is 0 Å². The van der Waals surface area contributed by atoms with Crippen LogP contribution in [0.5, 0.6) is 0 Å². The molecule has 0 bridgehead atoms. The summed E-state index contributed by atoms with van der Waals surface area (Å²) in [5, 5.41) is 0. The second-order valence-electron chi connectivity index (χ2n) is 7.97. The third-order valence-electron chi connectivity index (χ3n) is 5.45. The molecule has 164 valence electrons. The zero-order valence-corrected chi connectivity index (χ0v) is 21.3. The minimum atomic E-state index is -0.408. The van der Waals surface area contributed by atoms with Gasteiger partial charge in [-0.1, -0.05) is 0 Å². The van der Waals surface area contributed by atoms with E-state index in [-0.39, 0.29) is 12.1 Å². The first kappa shape index (κ1) is 23.2. The molecule has 0 fully saturated rings. The van der Waals surface area contributed by atoms with E-state index in [1.54, 1.807) is 0 Å². The standard InChI is InChI=1S/C30H28N2Te/c1-23(27-9-5-3-6-10-27)31-21-25-13-17-29(18-14-25)33-30-19-15-26(16-20-30)22-32-24(2)28-11-7-4-8-12-28/h3-24H,1-2H3/t23-,24-/m1/s1. The van der Waals surface area contributed by atoms with Crippen molar-refractivity contribution in [3.8, 4) is 0 Å². The van der Waals surface area contributed by atoms with E-state index < -0.39 is 20.9 Å². The summed E-state index contributed by atoms with van der Waals surface area (Å²) in [5.74, 6) is 0. The van der Waals surface area contributed by atoms with E-state index in [0.717, 1.165) is 11.1 Å². The van der Waals surface area contributed by atoms with Gasteiger partial charge in [0.1, 0.15) is 0 Å². The molecule has 0 spiro atoms. The SMILES string of the molecule is C[C@@H](N=Cc1ccc([Te]c2ccc(C=N[C@H](C)c3ccccc3)cc2)cc1)c1ccccc1. The van der Waals surface area contributed by atoms with Crippen LogP contribution < -0.4 is 7.22 Å². The summed E-state index contributed by atoms with van der Waals surface area (Å²) < 4.78 is 2.85. The Kier molecular flexibility index (Phi) is 8.25. The fourth-order valence-electron chi connectivity index (χ4n) is 3.41. The topological polar surface area (TPSA) is 24.7 Å². The molecule has 0 aromatic heterocycles. The van der Waals surface area contributed by atoms with Gasteiger partial charge in [0.15, 0.2) is 0 Å². The van der Waals surface area contributed by atoms with Crippen molar-refractivity contribution in [1.29, 1.82) is 0 Å². The van der Waals surface area contributed by atoms with E-state index >= 15 is 0 Å². The number of aliphatic imine (C=N–C) groups is 2. The predicted molar refractivity (Wildman–Crippen MR) is 143 cm³/mol. The summed E-state index contributed by atoms with van der Waals surface area (Å²) in [6.45, 7) is 4.26. The molecule has 0 amide bonds. The molecule has 33 heavy (non-hydrogen) atoms. The van der Waals surface area contributed by atoms with Crippen molar-refractivity contribution in [2.75, 3.05) is 0 Å². The van der Waals surface area contributed by atoms with Crippen molar-refractivity contribution in [2.45, 2.75) is 25.9 Å². The molecule has 0 unspecified atom stereocenters. The molecule has 0 saturated carbocycles. The van der Waals surface area contributed by atoms with Crippen LogP contribution in [0.15, 0.2) is 119 Å². The van der Waals surface area contributed by atoms with Crippen LogP contribution in [0.1, 0.15) is 48.2 Å². The zero-order chi connectivity index (χ0) is 22.9. The zero-order valence-electron chi connectivity index (χ0n) is 19.0. The Bertz CT molecular complexity index is 1080. The first-order chi connectivity index (χ1) is 16.2. The fraction of sp³-hybridized carbons (Fsp3) is 0.133. The summed E-state index contributed by atoms with van der Waals surface area (Å²) in [6, 6.07) is 38.8. The maximum absolute atomic E-state index is 4.71. The van der Waals surface area contributed by atoms with Crippen molar-refractivity contribution in [2.24, 2.45) is 9.98 Å². The number of hydrogen-bond donors (Lipinski definition) is 0. The molecule has 4 rings (SSSR count). The van der Waals surface area contributed by atoms with E-state index in [1.807, 2.05) is 24.6 Å². The normalized spacial score (nSPS) is 13.4. The van der Waals surface area contributed by atoms with Gasteiger partial charge in [-0.2, -0.15) is 0 Å². The molecule has 4 aromatic rings. The third-order valence-corrected chi connectivity index (χ3v) is 8.35. The molecular weight excluding hydrogens is 516 g/mol. The first-order valence-corrected chi connectivity index (χ1v) is 13.5. The molecule has 4 aromatic carbocycles. The van der Waals surface area contributed by atoms with Gasteiger partial charge in [0.05, 0.1) is 0 Å². The van der Waals surface area contributed by atoms with Crippen molar-refractivity contribution >= 4 is 40.6 Å². The molecule has 0 heterocycles. The van der Waals surface area contributed by atoms with Gasteiger partial charge in [0, 0.05) is 0 Å². The van der Waals surface area contributed by atoms with Crippen LogP contribution in [0.25, 0.3) is 0 Å². The maximum atomic E-state index is 4.71. The Morgan fingerprint density at radius 1 is 0.515 bits per heavy atom. The Morgan fingerprint density at radius 2 is 0.879 bits per heavy atom. The van der Waals surface area contributed by atoms with Gasteiger partial charge in [-0.25, -0.2) is 0 Å². The second kappa shape index (κ2) is 11.8. The third kappa shape index (κ3) is 6.99. The van der Waals surface area contributed by atoms with Gasteiger partial charge < -0.3 is 0 Å². The van der Waals surface area contributed by atoms with E-state index in [4.69, 9.17) is 9.98 Å². The predicted octanol–water partition coefficient (Wildman–Crippen LogP) is 5.70. The molecule has 0 N–H and O–H groups in total. The first-order valence-electron chi connectivity index (χ1n) is 11.2. The monoisotopic (exact) mass is 546 g/mol. The molecule has 0 aliphatic heterocycles. The molecule has 0 aliphatic carbocycles. The minimum absolute atomic E-state index is 0.164. The quantitative estimate of drug-likeness (QED) is 0.201. The van der Waals surface area contributed by atoms with Crippen LogP contribution in [-0.4, -0.2) is 33.4 Å². The summed E-state index contributed by atoms with van der Waals surface area (Å²) in [5.41, 5.74) is 4.77. The van der Waals surface area contributed by atoms with E-state index in [0.29, 0.717) is 0 Å². The average molecular weight is 544 g/mol. The van der Waals surface area contributed by atoms with Crippen LogP contribution in [-0.2, 0) is 0 Å². The van der Waals surface area contributed by atoms with Gasteiger partial charge in [0.25, 0.3) is 0 Å². The molecule has 2 atom stereocenters. The number of hydrogen-bond acceptors (Lipinski definition) is 2. The second-order valence-corrected chi connectivity index (χ2v) is 11.2. The number of rotatable bonds is 8. The average Bonchev–Trinajstić information content (AvgIpc) is 2.88. The van der Waals surface area contributed by atoms with E-state index in [9.17, 15) is 0 Å². The van der Waals surface area contributed by atoms with Crippen LogP contribution >= 0.6 is 0 Å². The summed E-state index contributed by atoms with van der Waals surface area (Å²) >= 11 is -0.408. The van der Waals surface area contributed by atoms with E-state index in [1.165, 1.54) is 18.3 Å². The summed E-state index contributed by atoms with van der Waals surface area (Å²) in [4.78, 5) is 9.42. The van der Waals surface area contributed by atoms with Crippen molar-refractivity contribution in [1.82, 2.24) is 0 Å². The molecular formula is C30H28N2Te. The van der Waals surface area contributed by atoms with Crippen LogP contribution in [0.2, 0.25) is 0 Å². The van der Waals surface area contributed by atoms with Gasteiger partial charge in [0.2, 0.25) is 0 Å². The van der Waals surface area contributed by atoms with E-state index in [2.05, 4.69) is 111 Å². The molecule has 0 saturated heterocycles. The van der Waals surface area contributed by atoms with Gasteiger partial charge in [-0.05, 0) is 0 Å². The van der Waals surface area contributed by atoms with Crippen molar-refractivity contribution in [3.63, 3.8) is 0 Å². The Balaban J connectivity index is 1.32. The molecule has 0 aliphatic rings. The Morgan fingerprint density at radius 3 is 1.24 bits per heavy atom. The molecule has 0 radical (unpaired) electrons. The van der Waals surface area contributed by atoms with Crippen LogP contribution in [0, 0.1) is 0 Å². The number of benzene rings is 4.